The summed E-state index contributed by atoms with van der Waals surface area (Å²) in [6.45, 7) is 1.24. The molecule has 6 heteroatoms. The molecule has 0 aromatic carbocycles. The normalized spacial score (nSPS) is 22.2. The second-order valence-corrected chi connectivity index (χ2v) is 5.96. The van der Waals surface area contributed by atoms with Crippen molar-refractivity contribution in [1.82, 2.24) is 0 Å². The fourth-order valence-corrected chi connectivity index (χ4v) is 3.98. The van der Waals surface area contributed by atoms with Crippen LogP contribution in [0.2, 0.25) is 0 Å². The first-order valence-electron chi connectivity index (χ1n) is 6.41. The Morgan fingerprint density at radius 1 is 1.53 bits per heavy atom. The van der Waals surface area contributed by atoms with Crippen LogP contribution in [0.15, 0.2) is 6.07 Å². The molecule has 5 nitrogen and oxygen atoms in total. The molecular formula is C13H17NO4S. The van der Waals surface area contributed by atoms with Crippen LogP contribution in [0.5, 0.6) is 0 Å². The lowest BCUT2D eigenvalue weighted by atomic mass is 9.92. The number of hydrogen-bond donors (Lipinski definition) is 1. The molecule has 19 heavy (non-hydrogen) atoms. The lowest BCUT2D eigenvalue weighted by Crippen LogP contribution is -2.30. The monoisotopic (exact) mass is 283 g/mol. The summed E-state index contributed by atoms with van der Waals surface area (Å²) in [6, 6.07) is 1.23. The van der Waals surface area contributed by atoms with Crippen molar-refractivity contribution in [3.05, 3.63) is 21.4 Å². The number of hydrogen-bond acceptors (Lipinski definition) is 6. The standard InChI is InChI=1S/C13H17NO4S/c1-16-12(15)11(14)10-7-8-9(19-10)3-2-4-13(8)17-5-6-18-13/h7,11H,2-6,14H2,1H3. The first-order valence-corrected chi connectivity index (χ1v) is 7.22. The molecule has 0 bridgehead atoms. The summed E-state index contributed by atoms with van der Waals surface area (Å²) in [6.07, 6.45) is 2.88. The van der Waals surface area contributed by atoms with Gasteiger partial charge >= 0.3 is 5.97 Å². The molecule has 1 aromatic rings. The molecule has 2 N–H and O–H groups in total. The molecule has 1 spiro atoms. The third-order valence-electron chi connectivity index (χ3n) is 3.66. The molecule has 3 rings (SSSR count). The molecule has 1 aliphatic carbocycles. The fourth-order valence-electron chi connectivity index (χ4n) is 2.72. The third kappa shape index (κ3) is 2.08. The maximum Gasteiger partial charge on any atom is 0.328 e. The van der Waals surface area contributed by atoms with E-state index in [1.54, 1.807) is 11.3 Å². The van der Waals surface area contributed by atoms with Crippen LogP contribution < -0.4 is 5.73 Å². The topological polar surface area (TPSA) is 70.8 Å². The smallest absolute Gasteiger partial charge is 0.328 e. The summed E-state index contributed by atoms with van der Waals surface area (Å²) >= 11 is 1.56. The third-order valence-corrected chi connectivity index (χ3v) is 4.94. The summed E-state index contributed by atoms with van der Waals surface area (Å²) in [5.41, 5.74) is 6.95. The van der Waals surface area contributed by atoms with Crippen molar-refractivity contribution in [2.75, 3.05) is 20.3 Å². The quantitative estimate of drug-likeness (QED) is 0.832. The molecule has 104 valence electrons. The van der Waals surface area contributed by atoms with Crippen LogP contribution in [0, 0.1) is 0 Å². The zero-order valence-electron chi connectivity index (χ0n) is 10.8. The predicted octanol–water partition coefficient (Wildman–Crippen LogP) is 1.46. The molecule has 2 aliphatic rings. The molecule has 1 aliphatic heterocycles. The van der Waals surface area contributed by atoms with E-state index in [1.165, 1.54) is 12.0 Å². The van der Waals surface area contributed by atoms with E-state index >= 15 is 0 Å². The van der Waals surface area contributed by atoms with Crippen molar-refractivity contribution in [2.24, 2.45) is 5.73 Å². The lowest BCUT2D eigenvalue weighted by Gasteiger charge is -2.31. The van der Waals surface area contributed by atoms with Gasteiger partial charge in [0.2, 0.25) is 0 Å². The zero-order chi connectivity index (χ0) is 13.5. The number of aryl methyl sites for hydroxylation is 1. The van der Waals surface area contributed by atoms with Gasteiger partial charge < -0.3 is 19.9 Å². The molecule has 0 amide bonds. The Kier molecular flexibility index (Phi) is 3.34. The highest BCUT2D eigenvalue weighted by Crippen LogP contribution is 2.46. The molecule has 1 fully saturated rings. The van der Waals surface area contributed by atoms with Crippen LogP contribution in [0.1, 0.15) is 34.2 Å². The van der Waals surface area contributed by atoms with Gasteiger partial charge in [-0.1, -0.05) is 0 Å². The summed E-state index contributed by atoms with van der Waals surface area (Å²) in [7, 11) is 1.35. The van der Waals surface area contributed by atoms with E-state index in [1.807, 2.05) is 6.07 Å². The molecule has 1 unspecified atom stereocenters. The Bertz CT molecular complexity index is 493. The Hall–Kier alpha value is -0.950. The maximum absolute atomic E-state index is 11.5. The first-order chi connectivity index (χ1) is 9.16. The summed E-state index contributed by atoms with van der Waals surface area (Å²) < 4.78 is 16.3. The van der Waals surface area contributed by atoms with Gasteiger partial charge in [-0.05, 0) is 18.9 Å². The molecule has 1 atom stereocenters. The van der Waals surface area contributed by atoms with Gasteiger partial charge in [0, 0.05) is 21.7 Å². The van der Waals surface area contributed by atoms with Gasteiger partial charge in [-0.25, -0.2) is 4.79 Å². The number of fused-ring (bicyclic) bond motifs is 2. The molecule has 0 radical (unpaired) electrons. The van der Waals surface area contributed by atoms with Crippen molar-refractivity contribution in [3.63, 3.8) is 0 Å². The number of carbonyl (C=O) groups excluding carboxylic acids is 1. The Morgan fingerprint density at radius 2 is 2.26 bits per heavy atom. The van der Waals surface area contributed by atoms with Gasteiger partial charge in [-0.3, -0.25) is 0 Å². The molecule has 1 aromatic heterocycles. The van der Waals surface area contributed by atoms with E-state index in [2.05, 4.69) is 0 Å². The number of ether oxygens (including phenoxy) is 3. The van der Waals surface area contributed by atoms with Crippen LogP contribution in [0.3, 0.4) is 0 Å². The van der Waals surface area contributed by atoms with Crippen molar-refractivity contribution in [3.8, 4) is 0 Å². The molecular weight excluding hydrogens is 266 g/mol. The molecule has 0 saturated carbocycles. The van der Waals surface area contributed by atoms with E-state index in [9.17, 15) is 4.79 Å². The average molecular weight is 283 g/mol. The van der Waals surface area contributed by atoms with Gasteiger partial charge in [0.25, 0.3) is 0 Å². The number of nitrogens with two attached hydrogens (primary N) is 1. The van der Waals surface area contributed by atoms with E-state index < -0.39 is 17.8 Å². The van der Waals surface area contributed by atoms with Crippen LogP contribution in [0.4, 0.5) is 0 Å². The van der Waals surface area contributed by atoms with E-state index in [0.29, 0.717) is 13.2 Å². The van der Waals surface area contributed by atoms with Crippen LogP contribution in [0.25, 0.3) is 0 Å². The van der Waals surface area contributed by atoms with Crippen molar-refractivity contribution >= 4 is 17.3 Å². The van der Waals surface area contributed by atoms with E-state index in [-0.39, 0.29) is 0 Å². The average Bonchev–Trinajstić information content (AvgIpc) is 3.05. The van der Waals surface area contributed by atoms with Crippen molar-refractivity contribution < 1.29 is 19.0 Å². The van der Waals surface area contributed by atoms with Crippen molar-refractivity contribution in [1.29, 1.82) is 0 Å². The minimum absolute atomic E-state index is 0.416. The largest absolute Gasteiger partial charge is 0.468 e. The Balaban J connectivity index is 1.95. The number of thiophene rings is 1. The van der Waals surface area contributed by atoms with Crippen LogP contribution in [-0.4, -0.2) is 26.3 Å². The zero-order valence-corrected chi connectivity index (χ0v) is 11.6. The van der Waals surface area contributed by atoms with E-state index in [4.69, 9.17) is 19.9 Å². The highest BCUT2D eigenvalue weighted by Gasteiger charge is 2.43. The number of esters is 1. The Labute approximate surface area is 115 Å². The number of methoxy groups -OCH3 is 1. The highest BCUT2D eigenvalue weighted by molar-refractivity contribution is 7.12. The van der Waals surface area contributed by atoms with Crippen molar-refractivity contribution in [2.45, 2.75) is 31.1 Å². The van der Waals surface area contributed by atoms with Gasteiger partial charge in [-0.15, -0.1) is 11.3 Å². The van der Waals surface area contributed by atoms with Crippen LogP contribution >= 0.6 is 11.3 Å². The Morgan fingerprint density at radius 3 is 2.95 bits per heavy atom. The lowest BCUT2D eigenvalue weighted by molar-refractivity contribution is -0.175. The van der Waals surface area contributed by atoms with E-state index in [0.717, 1.165) is 29.7 Å². The summed E-state index contributed by atoms with van der Waals surface area (Å²) in [5.74, 6) is -1.01. The number of rotatable bonds is 2. The minimum atomic E-state index is -0.723. The van der Waals surface area contributed by atoms with Gasteiger partial charge in [0.1, 0.15) is 6.04 Å². The molecule has 2 heterocycles. The predicted molar refractivity (Wildman–Crippen MR) is 69.8 cm³/mol. The second-order valence-electron chi connectivity index (χ2n) is 4.79. The number of carbonyl (C=O) groups is 1. The summed E-state index contributed by atoms with van der Waals surface area (Å²) in [4.78, 5) is 13.6. The van der Waals surface area contributed by atoms with Gasteiger partial charge in [0.05, 0.1) is 20.3 Å². The summed E-state index contributed by atoms with van der Waals surface area (Å²) in [5, 5.41) is 0. The highest BCUT2D eigenvalue weighted by atomic mass is 32.1. The fraction of sp³-hybridized carbons (Fsp3) is 0.615. The SMILES string of the molecule is COC(=O)C(N)c1cc2c(s1)CCCC21OCCO1. The first kappa shape index (κ1) is 13.1. The van der Waals surface area contributed by atoms with Gasteiger partial charge in [-0.2, -0.15) is 0 Å². The van der Waals surface area contributed by atoms with Crippen LogP contribution in [-0.2, 0) is 31.2 Å². The second kappa shape index (κ2) is 4.86. The van der Waals surface area contributed by atoms with Gasteiger partial charge in [0.15, 0.2) is 5.79 Å². The molecule has 1 saturated heterocycles. The minimum Gasteiger partial charge on any atom is -0.468 e. The maximum atomic E-state index is 11.5.